The number of hydrogen-bond acceptors (Lipinski definition) is 6. The predicted octanol–water partition coefficient (Wildman–Crippen LogP) is 7.40. The summed E-state index contributed by atoms with van der Waals surface area (Å²) in [6.07, 6.45) is 6.41. The quantitative estimate of drug-likeness (QED) is 0.108. The average Bonchev–Trinajstić information content (AvgIpc) is 3.51. The maximum atomic E-state index is 13.4. The molecule has 244 valence electrons. The van der Waals surface area contributed by atoms with Crippen LogP contribution < -0.4 is 4.74 Å². The first-order valence-electron chi connectivity index (χ1n) is 15.9. The van der Waals surface area contributed by atoms with Crippen LogP contribution >= 0.6 is 0 Å². The minimum atomic E-state index is -6.09. The van der Waals surface area contributed by atoms with E-state index >= 15 is 0 Å². The van der Waals surface area contributed by atoms with Crippen molar-refractivity contribution < 1.29 is 40.4 Å². The molecule has 0 aromatic heterocycles. The Hall–Kier alpha value is -1.98. The summed E-state index contributed by atoms with van der Waals surface area (Å²) in [4.78, 5) is 14.0. The van der Waals surface area contributed by atoms with Gasteiger partial charge in [0.25, 0.3) is 0 Å². The minimum absolute atomic E-state index is 0.464. The average molecular weight is 657 g/mol. The van der Waals surface area contributed by atoms with Crippen molar-refractivity contribution >= 4 is 37.8 Å². The van der Waals surface area contributed by atoms with Crippen LogP contribution in [0.15, 0.2) is 41.3 Å². The molecule has 1 aliphatic heterocycles. The van der Waals surface area contributed by atoms with Gasteiger partial charge in [-0.3, -0.25) is 4.79 Å². The maximum Gasteiger partial charge on any atom is 0.364 e. The number of ether oxygens (including phenoxy) is 2. The van der Waals surface area contributed by atoms with Gasteiger partial charge in [0.05, 0.1) is 18.6 Å². The lowest BCUT2D eigenvalue weighted by molar-refractivity contribution is -0.172. The zero-order chi connectivity index (χ0) is 31.5. The van der Waals surface area contributed by atoms with Gasteiger partial charge in [-0.15, -0.1) is 0 Å². The van der Waals surface area contributed by atoms with E-state index in [-0.39, 0.29) is 0 Å². The molecule has 5 fully saturated rings. The fourth-order valence-corrected chi connectivity index (χ4v) is 10.8. The van der Waals surface area contributed by atoms with Crippen molar-refractivity contribution in [1.82, 2.24) is 0 Å². The zero-order valence-corrected chi connectivity index (χ0v) is 26.9. The summed E-state index contributed by atoms with van der Waals surface area (Å²) in [5.41, 5.74) is -0.590. The molecule has 2 aromatic rings. The molecule has 4 aliphatic carbocycles. The number of rotatable bonds is 11. The lowest BCUT2D eigenvalue weighted by Gasteiger charge is -2.55. The van der Waals surface area contributed by atoms with Crippen LogP contribution in [0.2, 0.25) is 0 Å². The summed E-state index contributed by atoms with van der Waals surface area (Å²) in [5, 5.41) is -2.31. The molecular formula is C33H43F3O6S2. The molecular weight excluding hydrogens is 613 g/mol. The minimum Gasteiger partial charge on any atom is -0.743 e. The van der Waals surface area contributed by atoms with Gasteiger partial charge in [0, 0.05) is 28.1 Å². The van der Waals surface area contributed by atoms with Crippen molar-refractivity contribution in [2.24, 2.45) is 23.2 Å². The Labute approximate surface area is 261 Å². The highest BCUT2D eigenvalue weighted by atomic mass is 32.2. The Kier molecular flexibility index (Phi) is 10.5. The zero-order valence-electron chi connectivity index (χ0n) is 25.3. The van der Waals surface area contributed by atoms with Gasteiger partial charge < -0.3 is 14.0 Å². The van der Waals surface area contributed by atoms with Crippen molar-refractivity contribution in [2.45, 2.75) is 93.9 Å². The van der Waals surface area contributed by atoms with Crippen LogP contribution in [0.1, 0.15) is 77.6 Å². The third kappa shape index (κ3) is 7.20. The summed E-state index contributed by atoms with van der Waals surface area (Å²) >= 11 is 0. The van der Waals surface area contributed by atoms with Crippen LogP contribution in [0, 0.1) is 23.2 Å². The molecule has 4 saturated carbocycles. The molecule has 44 heavy (non-hydrogen) atoms. The van der Waals surface area contributed by atoms with Crippen molar-refractivity contribution in [1.29, 1.82) is 0 Å². The van der Waals surface area contributed by atoms with Gasteiger partial charge in [-0.05, 0) is 93.7 Å². The van der Waals surface area contributed by atoms with Crippen LogP contribution in [0.5, 0.6) is 5.75 Å². The normalized spacial score (nSPS) is 27.2. The Morgan fingerprint density at radius 1 is 1.00 bits per heavy atom. The molecule has 0 amide bonds. The second-order valence-electron chi connectivity index (χ2n) is 13.0. The number of fused-ring (bicyclic) bond motifs is 1. The smallest absolute Gasteiger partial charge is 0.364 e. The summed E-state index contributed by atoms with van der Waals surface area (Å²) in [6, 6.07) is 13.3. The number of carbonyl (C=O) groups is 1. The van der Waals surface area contributed by atoms with E-state index in [0.29, 0.717) is 28.6 Å². The van der Waals surface area contributed by atoms with Crippen molar-refractivity contribution in [3.05, 3.63) is 36.4 Å². The van der Waals surface area contributed by atoms with Crippen LogP contribution in [-0.2, 0) is 30.5 Å². The number of carbonyl (C=O) groups excluding carboxylic acids is 1. The van der Waals surface area contributed by atoms with Crippen molar-refractivity contribution in [2.75, 3.05) is 24.7 Å². The molecule has 4 bridgehead atoms. The molecule has 11 heteroatoms. The summed E-state index contributed by atoms with van der Waals surface area (Å²) in [7, 11) is -5.62. The highest BCUT2D eigenvalue weighted by Gasteiger charge is 2.55. The first-order valence-corrected chi connectivity index (χ1v) is 18.9. The van der Waals surface area contributed by atoms with Gasteiger partial charge in [-0.2, -0.15) is 8.78 Å². The Balaban J connectivity index is 0.000000177. The highest BCUT2D eigenvalue weighted by molar-refractivity contribution is 7.97. The molecule has 1 heterocycles. The van der Waals surface area contributed by atoms with E-state index in [4.69, 9.17) is 9.47 Å². The van der Waals surface area contributed by atoms with Gasteiger partial charge >= 0.3 is 11.2 Å². The van der Waals surface area contributed by atoms with Gasteiger partial charge in [-0.1, -0.05) is 31.5 Å². The lowest BCUT2D eigenvalue weighted by Crippen LogP contribution is -2.50. The molecule has 1 atom stereocenters. The van der Waals surface area contributed by atoms with Crippen LogP contribution in [0.4, 0.5) is 13.2 Å². The number of halogens is 3. The van der Waals surface area contributed by atoms with E-state index in [1.54, 1.807) is 4.90 Å². The number of benzene rings is 2. The van der Waals surface area contributed by atoms with Crippen LogP contribution in [0.25, 0.3) is 10.8 Å². The van der Waals surface area contributed by atoms with Crippen LogP contribution in [-0.4, -0.2) is 55.1 Å². The number of alkyl halides is 3. The first-order chi connectivity index (χ1) is 20.9. The lowest BCUT2D eigenvalue weighted by atomic mass is 9.49. The maximum absolute atomic E-state index is 13.4. The third-order valence-corrected chi connectivity index (χ3v) is 13.2. The Bertz CT molecular complexity index is 1370. The third-order valence-electron chi connectivity index (χ3n) is 9.72. The standard InChI is InChI=1S/C18H23OS.C15H21F3O5S/c1-2-3-12-19-17-10-11-18(20-13-6-7-14-20)16-9-5-4-8-15(16)17;16-12(15(17,18)24(20,21)22)1-2-23-13(19)14-6-9-3-10(7-14)5-11(4-9)8-14/h4-5,8-11H,2-3,6-7,12-14H2,1H3;9-12H,1-8H2,(H,20,21,22)/q+1;/p-1. The van der Waals surface area contributed by atoms with Gasteiger partial charge in [0.2, 0.25) is 0 Å². The van der Waals surface area contributed by atoms with E-state index in [9.17, 15) is 30.9 Å². The van der Waals surface area contributed by atoms with Crippen LogP contribution in [0.3, 0.4) is 0 Å². The second-order valence-corrected chi connectivity index (χ2v) is 16.7. The largest absolute Gasteiger partial charge is 0.743 e. The topological polar surface area (TPSA) is 92.7 Å². The Morgan fingerprint density at radius 2 is 1.59 bits per heavy atom. The molecule has 2 aromatic carbocycles. The SMILES string of the molecule is CCCCOc1ccc([S+]2CCCC2)c2ccccc12.O=C(OCCC(F)C(F)(F)S(=O)(=O)[O-])C12CC3CC(CC(C3)C1)C2. The molecule has 0 spiro atoms. The Morgan fingerprint density at radius 3 is 2.16 bits per heavy atom. The van der Waals surface area contributed by atoms with E-state index in [2.05, 4.69) is 43.3 Å². The molecule has 6 nitrogen and oxygen atoms in total. The fourth-order valence-electron chi connectivity index (χ4n) is 7.92. The van der Waals surface area contributed by atoms with Gasteiger partial charge in [0.1, 0.15) is 17.3 Å². The molecule has 0 radical (unpaired) electrons. The van der Waals surface area contributed by atoms with Crippen molar-refractivity contribution in [3.8, 4) is 5.75 Å². The van der Waals surface area contributed by atoms with E-state index in [1.165, 1.54) is 41.5 Å². The number of hydrogen-bond donors (Lipinski definition) is 0. The monoisotopic (exact) mass is 656 g/mol. The molecule has 5 aliphatic rings. The fraction of sp³-hybridized carbons (Fsp3) is 0.667. The second kappa shape index (κ2) is 13.8. The summed E-state index contributed by atoms with van der Waals surface area (Å²) in [6.45, 7) is 2.37. The van der Waals surface area contributed by atoms with E-state index < -0.39 is 46.0 Å². The van der Waals surface area contributed by atoms with E-state index in [0.717, 1.165) is 57.3 Å². The molecule has 0 N–H and O–H groups in total. The predicted molar refractivity (Wildman–Crippen MR) is 165 cm³/mol. The van der Waals surface area contributed by atoms with Gasteiger partial charge in [-0.25, -0.2) is 12.8 Å². The van der Waals surface area contributed by atoms with Crippen molar-refractivity contribution in [3.63, 3.8) is 0 Å². The van der Waals surface area contributed by atoms with E-state index in [1.807, 2.05) is 0 Å². The van der Waals surface area contributed by atoms with Gasteiger partial charge in [0.15, 0.2) is 21.2 Å². The molecule has 1 saturated heterocycles. The number of unbranched alkanes of at least 4 members (excludes halogenated alkanes) is 1. The molecule has 7 rings (SSSR count). The summed E-state index contributed by atoms with van der Waals surface area (Å²) < 4.78 is 81.5. The first kappa shape index (κ1) is 33.4. The number of esters is 1. The highest BCUT2D eigenvalue weighted by Crippen LogP contribution is 2.60. The summed E-state index contributed by atoms with van der Waals surface area (Å²) in [5.74, 6) is 4.79. The molecule has 1 unspecified atom stereocenters.